The number of hydrogen-bond donors (Lipinski definition) is 0. The first-order valence-electron chi connectivity index (χ1n) is 0.292. The van der Waals surface area contributed by atoms with Gasteiger partial charge in [-0.15, -0.1) is 0 Å². The summed E-state index contributed by atoms with van der Waals surface area (Å²) in [7, 11) is 1.42. The van der Waals surface area contributed by atoms with Crippen LogP contribution >= 0.6 is 0 Å². The minimum absolute atomic E-state index is 0. The van der Waals surface area contributed by atoms with E-state index >= 15 is 0 Å². The molecule has 0 fully saturated rings. The fourth-order valence-electron chi connectivity index (χ4n) is 0. The van der Waals surface area contributed by atoms with Crippen LogP contribution in [0.5, 0.6) is 0 Å². The van der Waals surface area contributed by atoms with Crippen LogP contribution in [0.25, 0.3) is 0 Å². The van der Waals surface area contributed by atoms with E-state index in [0.717, 1.165) is 0 Å². The summed E-state index contributed by atoms with van der Waals surface area (Å²) in [5, 5.41) is 0. The molecule has 0 aliphatic carbocycles. The predicted octanol–water partition coefficient (Wildman–Crippen LogP) is -0.0125. The molecule has 0 aromatic rings. The minimum atomic E-state index is 0. The van der Waals surface area contributed by atoms with Crippen LogP contribution in [-0.2, 0) is 83.2 Å². The van der Waals surface area contributed by atoms with Crippen molar-refractivity contribution in [2.75, 3.05) is 0 Å². The van der Waals surface area contributed by atoms with E-state index in [-0.39, 0.29) is 37.6 Å². The largest absolute Gasteiger partial charge is 0 e. The molecule has 5 heteroatoms. The second-order valence-corrected chi connectivity index (χ2v) is 16.5. The van der Waals surface area contributed by atoms with E-state index in [1.165, 1.54) is 9.53 Å². The Morgan fingerprint density at radius 3 is 1.60 bits per heavy atom. The Kier molecular flexibility index (Phi) is 49.3. The van der Waals surface area contributed by atoms with E-state index in [2.05, 4.69) is 0 Å². The SMILES string of the molecule is [Ni].[Ta][Fe][Re].[W]. The van der Waals surface area contributed by atoms with Crippen LogP contribution in [0.3, 0.4) is 0 Å². The van der Waals surface area contributed by atoms with Gasteiger partial charge in [-0.2, -0.15) is 0 Å². The molecule has 0 heterocycles. The molecular formula is FeNiReTaW. The van der Waals surface area contributed by atoms with Crippen molar-refractivity contribution < 1.29 is 83.2 Å². The third-order valence-electron chi connectivity index (χ3n) is 0. The van der Waals surface area contributed by atoms with E-state index in [0.29, 0.717) is 0 Å². The minimum Gasteiger partial charge on any atom is 0 e. The Labute approximate surface area is 81.6 Å². The van der Waals surface area contributed by atoms with Crippen LogP contribution in [-0.4, -0.2) is 0 Å². The first-order valence-corrected chi connectivity index (χ1v) is 9.85. The third kappa shape index (κ3) is 19.2. The van der Waals surface area contributed by atoms with Gasteiger partial charge in [0.25, 0.3) is 0 Å². The monoisotopic (exact) mass is 666 g/mol. The van der Waals surface area contributed by atoms with Crippen LogP contribution in [0, 0.1) is 0 Å². The Balaban J connectivity index is -0.0000000200. The fraction of sp³-hybridized carbons (Fsp3) is 0. The molecular weight excluding hydrogens is 666 g/mol. The first-order chi connectivity index (χ1) is 1.41. The summed E-state index contributed by atoms with van der Waals surface area (Å²) in [6.07, 6.45) is 0. The van der Waals surface area contributed by atoms with Crippen LogP contribution in [0.15, 0.2) is 0 Å². The van der Waals surface area contributed by atoms with Gasteiger partial charge in [-0.1, -0.05) is 0 Å². The molecule has 36 valence electrons. The summed E-state index contributed by atoms with van der Waals surface area (Å²) in [5.41, 5.74) is 0. The van der Waals surface area contributed by atoms with E-state index in [9.17, 15) is 0 Å². The summed E-state index contributed by atoms with van der Waals surface area (Å²) < 4.78 is 0. The Bertz CT molecular complexity index is 11.6. The second kappa shape index (κ2) is 15.7. The van der Waals surface area contributed by atoms with Gasteiger partial charge in [0.05, 0.1) is 0 Å². The molecule has 0 saturated carbocycles. The molecule has 0 spiro atoms. The van der Waals surface area contributed by atoms with Gasteiger partial charge in [0.1, 0.15) is 0 Å². The number of rotatable bonds is 0. The Morgan fingerprint density at radius 2 is 1.60 bits per heavy atom. The zero-order valence-corrected chi connectivity index (χ0v) is 12.9. The second-order valence-electron chi connectivity index (χ2n) is 0.0598. The molecule has 0 aliphatic rings. The standard InChI is InChI=1S/Fe.Ni.Re.Ta.W. The van der Waals surface area contributed by atoms with E-state index in [1.807, 2.05) is 17.2 Å². The van der Waals surface area contributed by atoms with Crippen molar-refractivity contribution in [1.82, 2.24) is 0 Å². The zero-order chi connectivity index (χ0) is 2.71. The van der Waals surface area contributed by atoms with Crippen molar-refractivity contribution >= 4 is 0 Å². The first kappa shape index (κ1) is 15.7. The third-order valence-corrected chi connectivity index (χ3v) is 0. The van der Waals surface area contributed by atoms with Gasteiger partial charge >= 0.3 is 45.6 Å². The maximum absolute atomic E-state index is 1.87. The van der Waals surface area contributed by atoms with Gasteiger partial charge in [-0.05, 0) is 0 Å². The van der Waals surface area contributed by atoms with Crippen molar-refractivity contribution in [2.45, 2.75) is 0 Å². The Hall–Kier alpha value is 3.10. The average molecular weight is 666 g/mol. The average Bonchev–Trinajstić information content (AvgIpc) is 0.918. The fourth-order valence-corrected chi connectivity index (χ4v) is 0. The van der Waals surface area contributed by atoms with Gasteiger partial charge in [0.15, 0.2) is 0 Å². The summed E-state index contributed by atoms with van der Waals surface area (Å²) in [5.74, 6) is 0. The Morgan fingerprint density at radius 1 is 1.60 bits per heavy atom. The quantitative estimate of drug-likeness (QED) is 0.320. The van der Waals surface area contributed by atoms with E-state index < -0.39 is 0 Å². The maximum atomic E-state index is 1.87. The molecule has 0 aliphatic heterocycles. The van der Waals surface area contributed by atoms with E-state index in [4.69, 9.17) is 0 Å². The molecule has 5 heavy (non-hydrogen) atoms. The van der Waals surface area contributed by atoms with Gasteiger partial charge in [-0.3, -0.25) is 0 Å². The molecule has 0 atom stereocenters. The molecule has 0 unspecified atom stereocenters. The van der Waals surface area contributed by atoms with Gasteiger partial charge in [0, 0.05) is 37.6 Å². The zero-order valence-electron chi connectivity index (χ0n) is 1.90. The summed E-state index contributed by atoms with van der Waals surface area (Å²) in [4.78, 5) is 0. The van der Waals surface area contributed by atoms with Crippen molar-refractivity contribution in [3.05, 3.63) is 0 Å². The van der Waals surface area contributed by atoms with Crippen molar-refractivity contribution in [3.63, 3.8) is 0 Å². The molecule has 0 amide bonds. The summed E-state index contributed by atoms with van der Waals surface area (Å²) >= 11 is 3.42. The summed E-state index contributed by atoms with van der Waals surface area (Å²) in [6, 6.07) is 0. The summed E-state index contributed by atoms with van der Waals surface area (Å²) in [6.45, 7) is 0. The van der Waals surface area contributed by atoms with Crippen molar-refractivity contribution in [1.29, 1.82) is 0 Å². The van der Waals surface area contributed by atoms with Crippen molar-refractivity contribution in [3.8, 4) is 0 Å². The predicted molar refractivity (Wildman–Crippen MR) is 0 cm³/mol. The molecule has 0 bridgehead atoms. The maximum Gasteiger partial charge on any atom is 0 e. The topological polar surface area (TPSA) is 0 Å². The molecule has 0 aromatic heterocycles. The molecule has 0 saturated heterocycles. The van der Waals surface area contributed by atoms with Crippen LogP contribution in [0.1, 0.15) is 0 Å². The molecule has 0 N–H and O–H groups in total. The smallest absolute Gasteiger partial charge is 0 e. The molecule has 0 rings (SSSR count). The molecule has 0 aromatic carbocycles. The molecule has 0 radical (unpaired) electrons. The van der Waals surface area contributed by atoms with Gasteiger partial charge < -0.3 is 0 Å². The van der Waals surface area contributed by atoms with Crippen LogP contribution in [0.2, 0.25) is 0 Å². The molecule has 0 nitrogen and oxygen atoms in total. The van der Waals surface area contributed by atoms with Crippen LogP contribution < -0.4 is 0 Å². The van der Waals surface area contributed by atoms with Gasteiger partial charge in [0.2, 0.25) is 0 Å². The normalized spacial score (nSPS) is 4.20. The van der Waals surface area contributed by atoms with Crippen molar-refractivity contribution in [2.24, 2.45) is 0 Å². The number of hydrogen-bond acceptors (Lipinski definition) is 0. The van der Waals surface area contributed by atoms with E-state index in [1.54, 1.807) is 18.9 Å². The van der Waals surface area contributed by atoms with Crippen LogP contribution in [0.4, 0.5) is 0 Å². The van der Waals surface area contributed by atoms with Gasteiger partial charge in [-0.25, -0.2) is 0 Å².